The van der Waals surface area contributed by atoms with Crippen LogP contribution in [0.2, 0.25) is 0 Å². The van der Waals surface area contributed by atoms with Crippen LogP contribution in [0, 0.1) is 0 Å². The SMILES string of the molecule is CCc1ccsc1C(=O)Nc1ccccc1CCl. The predicted octanol–water partition coefficient (Wildman–Crippen LogP) is 4.30. The Hall–Kier alpha value is -1.32. The number of para-hydroxylation sites is 1. The molecule has 0 bridgehead atoms. The Morgan fingerprint density at radius 3 is 2.78 bits per heavy atom. The maximum atomic E-state index is 12.2. The minimum atomic E-state index is -0.0561. The average molecular weight is 280 g/mol. The third kappa shape index (κ3) is 2.74. The van der Waals surface area contributed by atoms with Gasteiger partial charge in [-0.25, -0.2) is 0 Å². The second kappa shape index (κ2) is 6.03. The van der Waals surface area contributed by atoms with E-state index in [4.69, 9.17) is 11.6 Å². The molecule has 0 aliphatic carbocycles. The van der Waals surface area contributed by atoms with Gasteiger partial charge in [0.2, 0.25) is 0 Å². The number of amides is 1. The van der Waals surface area contributed by atoms with E-state index >= 15 is 0 Å². The molecule has 0 saturated carbocycles. The summed E-state index contributed by atoms with van der Waals surface area (Å²) in [5, 5.41) is 4.87. The van der Waals surface area contributed by atoms with E-state index in [1.165, 1.54) is 11.3 Å². The van der Waals surface area contributed by atoms with E-state index < -0.39 is 0 Å². The standard InChI is InChI=1S/C14H14ClNOS/c1-2-10-7-8-18-13(10)14(17)16-12-6-4-3-5-11(12)9-15/h3-8H,2,9H2,1H3,(H,16,17). The highest BCUT2D eigenvalue weighted by Gasteiger charge is 2.13. The molecule has 1 aromatic heterocycles. The van der Waals surface area contributed by atoms with Gasteiger partial charge in [0.15, 0.2) is 0 Å². The maximum absolute atomic E-state index is 12.2. The number of alkyl halides is 1. The quantitative estimate of drug-likeness (QED) is 0.831. The number of hydrogen-bond donors (Lipinski definition) is 1. The van der Waals surface area contributed by atoms with E-state index in [2.05, 4.69) is 5.32 Å². The first-order chi connectivity index (χ1) is 8.76. The van der Waals surface area contributed by atoms with Crippen molar-refractivity contribution in [2.75, 3.05) is 5.32 Å². The average Bonchev–Trinajstić information content (AvgIpc) is 2.87. The molecule has 2 nitrogen and oxygen atoms in total. The Bertz CT molecular complexity index is 550. The first-order valence-corrected chi connectivity index (χ1v) is 7.19. The van der Waals surface area contributed by atoms with Crippen molar-refractivity contribution in [2.24, 2.45) is 0 Å². The van der Waals surface area contributed by atoms with Crippen LogP contribution in [-0.4, -0.2) is 5.91 Å². The van der Waals surface area contributed by atoms with E-state index in [1.807, 2.05) is 42.6 Å². The zero-order chi connectivity index (χ0) is 13.0. The molecule has 0 spiro atoms. The van der Waals surface area contributed by atoms with E-state index in [0.717, 1.165) is 28.1 Å². The molecule has 0 aliphatic heterocycles. The molecule has 0 atom stereocenters. The molecule has 4 heteroatoms. The van der Waals surface area contributed by atoms with Crippen molar-refractivity contribution in [3.8, 4) is 0 Å². The van der Waals surface area contributed by atoms with Crippen LogP contribution in [0.15, 0.2) is 35.7 Å². The summed E-state index contributed by atoms with van der Waals surface area (Å²) in [7, 11) is 0. The van der Waals surface area contributed by atoms with Crippen LogP contribution in [0.25, 0.3) is 0 Å². The topological polar surface area (TPSA) is 29.1 Å². The Labute approximate surface area is 116 Å². The van der Waals surface area contributed by atoms with Gasteiger partial charge >= 0.3 is 0 Å². The molecular formula is C14H14ClNOS. The van der Waals surface area contributed by atoms with Crippen molar-refractivity contribution in [1.29, 1.82) is 0 Å². The minimum Gasteiger partial charge on any atom is -0.321 e. The fraction of sp³-hybridized carbons (Fsp3) is 0.214. The highest BCUT2D eigenvalue weighted by molar-refractivity contribution is 7.12. The van der Waals surface area contributed by atoms with Crippen molar-refractivity contribution in [3.63, 3.8) is 0 Å². The molecule has 1 aromatic carbocycles. The number of rotatable bonds is 4. The lowest BCUT2D eigenvalue weighted by atomic mass is 10.1. The van der Waals surface area contributed by atoms with Gasteiger partial charge in [-0.3, -0.25) is 4.79 Å². The summed E-state index contributed by atoms with van der Waals surface area (Å²) in [4.78, 5) is 13.0. The van der Waals surface area contributed by atoms with Gasteiger partial charge in [-0.2, -0.15) is 0 Å². The Kier molecular flexibility index (Phi) is 4.39. The zero-order valence-electron chi connectivity index (χ0n) is 10.1. The highest BCUT2D eigenvalue weighted by Crippen LogP contribution is 2.22. The molecule has 0 unspecified atom stereocenters. The number of carbonyl (C=O) groups is 1. The number of anilines is 1. The molecule has 1 amide bonds. The molecule has 0 radical (unpaired) electrons. The van der Waals surface area contributed by atoms with Crippen LogP contribution in [0.5, 0.6) is 0 Å². The number of thiophene rings is 1. The molecule has 1 N–H and O–H groups in total. The molecule has 2 rings (SSSR count). The number of halogens is 1. The van der Waals surface area contributed by atoms with Crippen molar-refractivity contribution in [2.45, 2.75) is 19.2 Å². The third-order valence-electron chi connectivity index (χ3n) is 2.74. The van der Waals surface area contributed by atoms with Crippen LogP contribution in [0.3, 0.4) is 0 Å². The van der Waals surface area contributed by atoms with Gasteiger partial charge in [-0.05, 0) is 35.1 Å². The lowest BCUT2D eigenvalue weighted by Crippen LogP contribution is -2.13. The van der Waals surface area contributed by atoms with Gasteiger partial charge in [0.25, 0.3) is 5.91 Å². The van der Waals surface area contributed by atoms with Crippen LogP contribution >= 0.6 is 22.9 Å². The highest BCUT2D eigenvalue weighted by atomic mass is 35.5. The van der Waals surface area contributed by atoms with Crippen molar-refractivity contribution < 1.29 is 4.79 Å². The first kappa shape index (κ1) is 13.1. The van der Waals surface area contributed by atoms with Crippen molar-refractivity contribution in [3.05, 3.63) is 51.7 Å². The third-order valence-corrected chi connectivity index (χ3v) is 3.99. The van der Waals surface area contributed by atoms with Gasteiger partial charge in [0, 0.05) is 11.6 Å². The summed E-state index contributed by atoms with van der Waals surface area (Å²) in [6.45, 7) is 2.05. The smallest absolute Gasteiger partial charge is 0.266 e. The summed E-state index contributed by atoms with van der Waals surface area (Å²) < 4.78 is 0. The second-order valence-corrected chi connectivity index (χ2v) is 5.06. The van der Waals surface area contributed by atoms with E-state index in [1.54, 1.807) is 0 Å². The summed E-state index contributed by atoms with van der Waals surface area (Å²) in [6, 6.07) is 9.58. The predicted molar refractivity (Wildman–Crippen MR) is 77.6 cm³/mol. The van der Waals surface area contributed by atoms with Gasteiger partial charge in [-0.15, -0.1) is 22.9 Å². The van der Waals surface area contributed by atoms with E-state index in [9.17, 15) is 4.79 Å². The molecule has 1 heterocycles. The monoisotopic (exact) mass is 279 g/mol. The van der Waals surface area contributed by atoms with Gasteiger partial charge < -0.3 is 5.32 Å². The lowest BCUT2D eigenvalue weighted by molar-refractivity contribution is 0.102. The van der Waals surface area contributed by atoms with Crippen LogP contribution in [0.1, 0.15) is 27.7 Å². The molecule has 0 aliphatic rings. The fourth-order valence-corrected chi connectivity index (χ4v) is 2.87. The fourth-order valence-electron chi connectivity index (χ4n) is 1.75. The number of aryl methyl sites for hydroxylation is 1. The Morgan fingerprint density at radius 2 is 2.06 bits per heavy atom. The summed E-state index contributed by atoms with van der Waals surface area (Å²) in [6.07, 6.45) is 0.864. The normalized spacial score (nSPS) is 10.3. The molecule has 2 aromatic rings. The van der Waals surface area contributed by atoms with Gasteiger partial charge in [0.1, 0.15) is 0 Å². The Morgan fingerprint density at radius 1 is 1.28 bits per heavy atom. The van der Waals surface area contributed by atoms with Gasteiger partial charge in [-0.1, -0.05) is 25.1 Å². The van der Waals surface area contributed by atoms with E-state index in [0.29, 0.717) is 5.88 Å². The molecule has 94 valence electrons. The summed E-state index contributed by atoms with van der Waals surface area (Å²) in [5.41, 5.74) is 2.80. The minimum absolute atomic E-state index is 0.0561. The zero-order valence-corrected chi connectivity index (χ0v) is 11.6. The second-order valence-electron chi connectivity index (χ2n) is 3.87. The summed E-state index contributed by atoms with van der Waals surface area (Å²) in [5.74, 6) is 0.334. The van der Waals surface area contributed by atoms with Crippen molar-refractivity contribution in [1.82, 2.24) is 0 Å². The maximum Gasteiger partial charge on any atom is 0.266 e. The van der Waals surface area contributed by atoms with E-state index in [-0.39, 0.29) is 5.91 Å². The number of nitrogens with one attached hydrogen (secondary N) is 1. The Balaban J connectivity index is 2.21. The first-order valence-electron chi connectivity index (χ1n) is 5.77. The van der Waals surface area contributed by atoms with Crippen LogP contribution in [0.4, 0.5) is 5.69 Å². The summed E-state index contributed by atoms with van der Waals surface area (Å²) >= 11 is 7.32. The molecule has 0 saturated heterocycles. The molecular weight excluding hydrogens is 266 g/mol. The number of benzene rings is 1. The molecule has 0 fully saturated rings. The van der Waals surface area contributed by atoms with Crippen molar-refractivity contribution >= 4 is 34.5 Å². The molecule has 18 heavy (non-hydrogen) atoms. The number of carbonyl (C=O) groups excluding carboxylic acids is 1. The van der Waals surface area contributed by atoms with Gasteiger partial charge in [0.05, 0.1) is 4.88 Å². The van der Waals surface area contributed by atoms with Crippen LogP contribution < -0.4 is 5.32 Å². The largest absolute Gasteiger partial charge is 0.321 e. The lowest BCUT2D eigenvalue weighted by Gasteiger charge is -2.09. The van der Waals surface area contributed by atoms with Crippen LogP contribution in [-0.2, 0) is 12.3 Å². The number of hydrogen-bond acceptors (Lipinski definition) is 2.